The molecule has 0 aromatic heterocycles. The van der Waals surface area contributed by atoms with Crippen LogP contribution < -0.4 is 14.8 Å². The number of halogens is 4. The van der Waals surface area contributed by atoms with Gasteiger partial charge in [-0.05, 0) is 30.3 Å². The van der Waals surface area contributed by atoms with Crippen LogP contribution in [0.5, 0.6) is 11.5 Å². The van der Waals surface area contributed by atoms with E-state index in [4.69, 9.17) is 32.7 Å². The van der Waals surface area contributed by atoms with Crippen molar-refractivity contribution in [1.82, 2.24) is 0 Å². The van der Waals surface area contributed by atoms with Crippen molar-refractivity contribution in [3.05, 3.63) is 52.0 Å². The molecule has 27 heavy (non-hydrogen) atoms. The summed E-state index contributed by atoms with van der Waals surface area (Å²) in [5.41, 5.74) is 0.252. The van der Waals surface area contributed by atoms with Crippen molar-refractivity contribution in [3.8, 4) is 11.5 Å². The standard InChI is InChI=1S/C17H13Cl2F2NO5/c1-25-13-7-9(5-6-12(13)27-17(20)21)16(24)26-8-14(23)22-11-4-2-3-10(18)15(11)19/h2-7,17H,8H2,1H3,(H,22,23). The number of rotatable bonds is 7. The van der Waals surface area contributed by atoms with Crippen LogP contribution in [0, 0.1) is 0 Å². The molecule has 0 bridgehead atoms. The molecular formula is C17H13Cl2F2NO5. The number of carbonyl (C=O) groups is 2. The lowest BCUT2D eigenvalue weighted by Crippen LogP contribution is -2.21. The highest BCUT2D eigenvalue weighted by Crippen LogP contribution is 2.30. The molecule has 0 unspecified atom stereocenters. The van der Waals surface area contributed by atoms with Gasteiger partial charge in [0.1, 0.15) is 0 Å². The average Bonchev–Trinajstić information content (AvgIpc) is 2.63. The number of anilines is 1. The number of esters is 1. The fourth-order valence-corrected chi connectivity index (χ4v) is 2.34. The maximum Gasteiger partial charge on any atom is 0.387 e. The summed E-state index contributed by atoms with van der Waals surface area (Å²) in [7, 11) is 1.23. The molecule has 0 aliphatic rings. The van der Waals surface area contributed by atoms with E-state index in [1.807, 2.05) is 0 Å². The Bertz CT molecular complexity index is 848. The maximum atomic E-state index is 12.3. The molecule has 0 fully saturated rings. The van der Waals surface area contributed by atoms with Crippen LogP contribution in [0.1, 0.15) is 10.4 Å². The third kappa shape index (κ3) is 5.70. The van der Waals surface area contributed by atoms with E-state index in [-0.39, 0.29) is 32.8 Å². The fraction of sp³-hybridized carbons (Fsp3) is 0.176. The SMILES string of the molecule is COc1cc(C(=O)OCC(=O)Nc2cccc(Cl)c2Cl)ccc1OC(F)F. The van der Waals surface area contributed by atoms with Crippen molar-refractivity contribution in [1.29, 1.82) is 0 Å². The molecular weight excluding hydrogens is 407 g/mol. The lowest BCUT2D eigenvalue weighted by atomic mass is 10.2. The molecule has 10 heteroatoms. The number of ether oxygens (including phenoxy) is 3. The molecule has 0 atom stereocenters. The number of methoxy groups -OCH3 is 1. The number of alkyl halides is 2. The van der Waals surface area contributed by atoms with E-state index >= 15 is 0 Å². The minimum Gasteiger partial charge on any atom is -0.493 e. The predicted octanol–water partition coefficient (Wildman–Crippen LogP) is 4.40. The average molecular weight is 420 g/mol. The van der Waals surface area contributed by atoms with Crippen molar-refractivity contribution in [2.24, 2.45) is 0 Å². The van der Waals surface area contributed by atoms with Gasteiger partial charge in [-0.3, -0.25) is 4.79 Å². The van der Waals surface area contributed by atoms with Gasteiger partial charge in [0.15, 0.2) is 18.1 Å². The highest BCUT2D eigenvalue weighted by atomic mass is 35.5. The Hall–Kier alpha value is -2.58. The van der Waals surface area contributed by atoms with Gasteiger partial charge in [0.2, 0.25) is 0 Å². The predicted molar refractivity (Wildman–Crippen MR) is 95.0 cm³/mol. The van der Waals surface area contributed by atoms with Gasteiger partial charge >= 0.3 is 12.6 Å². The van der Waals surface area contributed by atoms with Gasteiger partial charge in [0.05, 0.1) is 28.4 Å². The van der Waals surface area contributed by atoms with Crippen molar-refractivity contribution >= 4 is 40.8 Å². The molecule has 2 rings (SSSR count). The third-order valence-corrected chi connectivity index (χ3v) is 3.99. The Morgan fingerprint density at radius 3 is 2.56 bits per heavy atom. The quantitative estimate of drug-likeness (QED) is 0.673. The van der Waals surface area contributed by atoms with Gasteiger partial charge in [-0.1, -0.05) is 29.3 Å². The molecule has 2 aromatic carbocycles. The molecule has 0 spiro atoms. The van der Waals surface area contributed by atoms with Crippen molar-refractivity contribution in [2.45, 2.75) is 6.61 Å². The van der Waals surface area contributed by atoms with Crippen LogP contribution in [0.15, 0.2) is 36.4 Å². The van der Waals surface area contributed by atoms with Gasteiger partial charge in [-0.25, -0.2) is 4.79 Å². The molecule has 0 radical (unpaired) electrons. The first-order chi connectivity index (χ1) is 12.8. The van der Waals surface area contributed by atoms with Crippen molar-refractivity contribution in [3.63, 3.8) is 0 Å². The van der Waals surface area contributed by atoms with E-state index in [2.05, 4.69) is 10.1 Å². The molecule has 0 saturated heterocycles. The van der Waals surface area contributed by atoms with E-state index in [9.17, 15) is 18.4 Å². The number of benzene rings is 2. The summed E-state index contributed by atoms with van der Waals surface area (Å²) in [6.45, 7) is -3.64. The van der Waals surface area contributed by atoms with Gasteiger partial charge in [0.25, 0.3) is 5.91 Å². The normalized spacial score (nSPS) is 10.4. The molecule has 144 valence electrons. The number of nitrogens with one attached hydrogen (secondary N) is 1. The molecule has 1 N–H and O–H groups in total. The summed E-state index contributed by atoms with van der Waals surface area (Å²) >= 11 is 11.8. The van der Waals surface area contributed by atoms with Crippen LogP contribution >= 0.6 is 23.2 Å². The number of hydrogen-bond acceptors (Lipinski definition) is 5. The van der Waals surface area contributed by atoms with Crippen LogP contribution in [-0.2, 0) is 9.53 Å². The topological polar surface area (TPSA) is 73.9 Å². The molecule has 0 aliphatic carbocycles. The number of hydrogen-bond donors (Lipinski definition) is 1. The summed E-state index contributed by atoms with van der Waals surface area (Å²) in [6, 6.07) is 8.16. The van der Waals surface area contributed by atoms with Crippen molar-refractivity contribution in [2.75, 3.05) is 19.0 Å². The van der Waals surface area contributed by atoms with Crippen molar-refractivity contribution < 1.29 is 32.6 Å². The zero-order valence-electron chi connectivity index (χ0n) is 13.8. The minimum atomic E-state index is -3.04. The molecule has 6 nitrogen and oxygen atoms in total. The highest BCUT2D eigenvalue weighted by Gasteiger charge is 2.16. The lowest BCUT2D eigenvalue weighted by Gasteiger charge is -2.11. The second kappa shape index (κ2) is 9.38. The Morgan fingerprint density at radius 1 is 1.15 bits per heavy atom. The first-order valence-electron chi connectivity index (χ1n) is 7.35. The zero-order chi connectivity index (χ0) is 20.0. The maximum absolute atomic E-state index is 12.3. The monoisotopic (exact) mass is 419 g/mol. The Morgan fingerprint density at radius 2 is 1.89 bits per heavy atom. The Balaban J connectivity index is 1.98. The molecule has 2 aromatic rings. The summed E-state index contributed by atoms with van der Waals surface area (Å²) in [4.78, 5) is 23.9. The van der Waals surface area contributed by atoms with Crippen LogP contribution in [-0.4, -0.2) is 32.2 Å². The smallest absolute Gasteiger partial charge is 0.387 e. The third-order valence-electron chi connectivity index (χ3n) is 3.18. The minimum absolute atomic E-state index is 0.0120. The Labute approximate surface area is 162 Å². The Kier molecular flexibility index (Phi) is 7.20. The van der Waals surface area contributed by atoms with E-state index in [0.717, 1.165) is 12.1 Å². The number of carbonyl (C=O) groups excluding carboxylic acids is 2. The lowest BCUT2D eigenvalue weighted by molar-refractivity contribution is -0.119. The van der Waals surface area contributed by atoms with E-state index < -0.39 is 25.1 Å². The molecule has 0 heterocycles. The summed E-state index contributed by atoms with van der Waals surface area (Å²) in [5.74, 6) is -1.82. The molecule has 0 aliphatic heterocycles. The van der Waals surface area contributed by atoms with Crippen LogP contribution in [0.4, 0.5) is 14.5 Å². The van der Waals surface area contributed by atoms with E-state index in [1.165, 1.54) is 19.2 Å². The summed E-state index contributed by atoms with van der Waals surface area (Å²) < 4.78 is 38.6. The van der Waals surface area contributed by atoms with Gasteiger partial charge in [-0.15, -0.1) is 0 Å². The van der Waals surface area contributed by atoms with Crippen LogP contribution in [0.2, 0.25) is 10.0 Å². The second-order valence-electron chi connectivity index (χ2n) is 4.97. The van der Waals surface area contributed by atoms with E-state index in [0.29, 0.717) is 0 Å². The van der Waals surface area contributed by atoms with Gasteiger partial charge < -0.3 is 19.5 Å². The first kappa shape index (κ1) is 20.7. The largest absolute Gasteiger partial charge is 0.493 e. The first-order valence-corrected chi connectivity index (χ1v) is 8.11. The van der Waals surface area contributed by atoms with E-state index in [1.54, 1.807) is 12.1 Å². The number of amides is 1. The summed E-state index contributed by atoms with van der Waals surface area (Å²) in [6.07, 6.45) is 0. The van der Waals surface area contributed by atoms with Gasteiger partial charge in [-0.2, -0.15) is 8.78 Å². The molecule has 1 amide bonds. The molecule has 0 saturated carbocycles. The highest BCUT2D eigenvalue weighted by molar-refractivity contribution is 6.44. The second-order valence-corrected chi connectivity index (χ2v) is 5.75. The zero-order valence-corrected chi connectivity index (χ0v) is 15.3. The fourth-order valence-electron chi connectivity index (χ4n) is 1.99. The summed E-state index contributed by atoms with van der Waals surface area (Å²) in [5, 5.41) is 2.86. The van der Waals surface area contributed by atoms with Crippen LogP contribution in [0.3, 0.4) is 0 Å². The van der Waals surface area contributed by atoms with Crippen LogP contribution in [0.25, 0.3) is 0 Å². The van der Waals surface area contributed by atoms with Gasteiger partial charge in [0, 0.05) is 0 Å².